The summed E-state index contributed by atoms with van der Waals surface area (Å²) in [6, 6.07) is 8.44. The van der Waals surface area contributed by atoms with Crippen LogP contribution in [0.25, 0.3) is 23.2 Å². The first kappa shape index (κ1) is 31.7. The average Bonchev–Trinajstić information content (AvgIpc) is 2.95. The van der Waals surface area contributed by atoms with E-state index in [0.717, 1.165) is 47.6 Å². The number of benzene rings is 1. The van der Waals surface area contributed by atoms with Gasteiger partial charge < -0.3 is 20.1 Å². The lowest BCUT2D eigenvalue weighted by molar-refractivity contribution is -0.119. The van der Waals surface area contributed by atoms with Crippen molar-refractivity contribution in [1.29, 1.82) is 0 Å². The van der Waals surface area contributed by atoms with Crippen LogP contribution < -0.4 is 10.6 Å². The molecule has 3 aromatic rings. The number of rotatable bonds is 12. The molecule has 1 aliphatic heterocycles. The molecule has 0 atom stereocenters. The smallest absolute Gasteiger partial charge is 0.239 e. The highest BCUT2D eigenvalue weighted by molar-refractivity contribution is 5.81. The van der Waals surface area contributed by atoms with Gasteiger partial charge in [-0.1, -0.05) is 40.2 Å². The summed E-state index contributed by atoms with van der Waals surface area (Å²) >= 11 is 0. The number of aryl methyl sites for hydroxylation is 1. The number of nitrogens with one attached hydrogen (secondary N) is 2. The molecule has 0 unspecified atom stereocenters. The van der Waals surface area contributed by atoms with Crippen LogP contribution in [-0.2, 0) is 27.3 Å². The van der Waals surface area contributed by atoms with Crippen molar-refractivity contribution in [3.05, 3.63) is 70.9 Å². The van der Waals surface area contributed by atoms with E-state index in [0.29, 0.717) is 49.3 Å². The van der Waals surface area contributed by atoms with E-state index in [1.54, 1.807) is 18.5 Å². The van der Waals surface area contributed by atoms with Crippen LogP contribution in [0.4, 0.5) is 10.2 Å². The highest BCUT2D eigenvalue weighted by Crippen LogP contribution is 2.30. The fraction of sp³-hybridized carbons (Fsp3) is 0.438. The van der Waals surface area contributed by atoms with Crippen LogP contribution in [0, 0.1) is 11.7 Å². The Hall–Kier alpha value is -3.85. The van der Waals surface area contributed by atoms with Crippen molar-refractivity contribution in [1.82, 2.24) is 20.3 Å². The van der Waals surface area contributed by atoms with Gasteiger partial charge in [0.25, 0.3) is 0 Å². The molecule has 2 aromatic heterocycles. The maximum absolute atomic E-state index is 13.7. The standard InChI is InChI=1S/C28H32FN5O3.C4H10/c1-3-6-24-14-26(32-17-27(35)31-9-5-10-36-4-2)34-28(33-24)22-11-21(15-30-16-22)25-13-20-12-23(29)8-7-19(20)18-37-25;1-4(2)3/h7-8,11-16H,3-6,9-10,17-18H2,1-2H3,(H,31,35)(H,32,33,34);4H,1-3H3. The quantitative estimate of drug-likeness (QED) is 0.251. The van der Waals surface area contributed by atoms with E-state index in [4.69, 9.17) is 14.5 Å². The average molecular weight is 564 g/mol. The summed E-state index contributed by atoms with van der Waals surface area (Å²) in [6.07, 6.45) is 7.67. The Morgan fingerprint density at radius 1 is 1.10 bits per heavy atom. The van der Waals surface area contributed by atoms with E-state index >= 15 is 0 Å². The minimum Gasteiger partial charge on any atom is -0.488 e. The van der Waals surface area contributed by atoms with Crippen molar-refractivity contribution in [2.75, 3.05) is 31.6 Å². The molecule has 1 aliphatic rings. The molecule has 0 spiro atoms. The van der Waals surface area contributed by atoms with Gasteiger partial charge in [-0.3, -0.25) is 9.78 Å². The second-order valence-electron chi connectivity index (χ2n) is 10.4. The Morgan fingerprint density at radius 2 is 1.88 bits per heavy atom. The number of carbonyl (C=O) groups excluding carboxylic acids is 1. The first-order valence-corrected chi connectivity index (χ1v) is 14.3. The van der Waals surface area contributed by atoms with Crippen LogP contribution in [0.5, 0.6) is 0 Å². The van der Waals surface area contributed by atoms with Gasteiger partial charge in [-0.2, -0.15) is 0 Å². The summed E-state index contributed by atoms with van der Waals surface area (Å²) in [4.78, 5) is 26.0. The normalized spacial score (nSPS) is 12.0. The Balaban J connectivity index is 0.00000108. The largest absolute Gasteiger partial charge is 0.488 e. The van der Waals surface area contributed by atoms with Crippen LogP contribution in [0.3, 0.4) is 0 Å². The fourth-order valence-corrected chi connectivity index (χ4v) is 3.91. The molecule has 220 valence electrons. The topological polar surface area (TPSA) is 98.3 Å². The predicted molar refractivity (Wildman–Crippen MR) is 161 cm³/mol. The number of hydrogen-bond donors (Lipinski definition) is 2. The summed E-state index contributed by atoms with van der Waals surface area (Å²) in [7, 11) is 0. The van der Waals surface area contributed by atoms with Gasteiger partial charge in [-0.15, -0.1) is 0 Å². The van der Waals surface area contributed by atoms with Crippen molar-refractivity contribution >= 4 is 23.6 Å². The number of halogens is 1. The zero-order valence-corrected chi connectivity index (χ0v) is 24.8. The second kappa shape index (κ2) is 16.4. The molecule has 3 heterocycles. The van der Waals surface area contributed by atoms with Crippen LogP contribution in [-0.4, -0.2) is 47.2 Å². The van der Waals surface area contributed by atoms with E-state index in [9.17, 15) is 9.18 Å². The van der Waals surface area contributed by atoms with Crippen molar-refractivity contribution in [2.45, 2.75) is 60.5 Å². The van der Waals surface area contributed by atoms with E-state index in [2.05, 4.69) is 48.3 Å². The molecule has 0 saturated carbocycles. The van der Waals surface area contributed by atoms with Crippen LogP contribution in [0.15, 0.2) is 42.7 Å². The molecule has 4 rings (SSSR count). The monoisotopic (exact) mass is 563 g/mol. The lowest BCUT2D eigenvalue weighted by atomic mass is 10.0. The molecule has 41 heavy (non-hydrogen) atoms. The summed E-state index contributed by atoms with van der Waals surface area (Å²) in [5.74, 6) is 2.11. The molecule has 0 fully saturated rings. The number of pyridine rings is 1. The maximum atomic E-state index is 13.7. The first-order valence-electron chi connectivity index (χ1n) is 14.3. The van der Waals surface area contributed by atoms with E-state index in [-0.39, 0.29) is 18.3 Å². The lowest BCUT2D eigenvalue weighted by Gasteiger charge is -2.18. The van der Waals surface area contributed by atoms with Crippen molar-refractivity contribution in [3.63, 3.8) is 0 Å². The number of nitrogens with zero attached hydrogens (tertiary/aromatic N) is 3. The van der Waals surface area contributed by atoms with Gasteiger partial charge >= 0.3 is 0 Å². The van der Waals surface area contributed by atoms with E-state index in [1.165, 1.54) is 12.1 Å². The highest BCUT2D eigenvalue weighted by Gasteiger charge is 2.16. The van der Waals surface area contributed by atoms with Crippen LogP contribution in [0.1, 0.15) is 69.8 Å². The Kier molecular flexibility index (Phi) is 12.7. The summed E-state index contributed by atoms with van der Waals surface area (Å²) in [6.45, 7) is 12.8. The van der Waals surface area contributed by atoms with Crippen LogP contribution >= 0.6 is 0 Å². The van der Waals surface area contributed by atoms with Crippen molar-refractivity contribution < 1.29 is 18.7 Å². The second-order valence-corrected chi connectivity index (χ2v) is 10.4. The van der Waals surface area contributed by atoms with Crippen molar-refractivity contribution in [3.8, 4) is 11.4 Å². The third-order valence-corrected chi connectivity index (χ3v) is 5.77. The maximum Gasteiger partial charge on any atom is 0.239 e. The number of fused-ring (bicyclic) bond motifs is 1. The first-order chi connectivity index (χ1) is 19.8. The molecule has 1 amide bonds. The Bertz CT molecular complexity index is 1310. The van der Waals surface area contributed by atoms with Gasteiger partial charge in [0, 0.05) is 55.0 Å². The molecular weight excluding hydrogens is 521 g/mol. The highest BCUT2D eigenvalue weighted by atomic mass is 19.1. The zero-order valence-electron chi connectivity index (χ0n) is 24.8. The molecule has 1 aromatic carbocycles. The number of amides is 1. The van der Waals surface area contributed by atoms with E-state index in [1.807, 2.05) is 25.1 Å². The Labute approximate surface area is 242 Å². The summed E-state index contributed by atoms with van der Waals surface area (Å²) < 4.78 is 24.9. The molecular formula is C32H42FN5O3. The van der Waals surface area contributed by atoms with Crippen LogP contribution in [0.2, 0.25) is 0 Å². The zero-order chi connectivity index (χ0) is 29.6. The Morgan fingerprint density at radius 3 is 2.63 bits per heavy atom. The predicted octanol–water partition coefficient (Wildman–Crippen LogP) is 6.28. The molecule has 0 radical (unpaired) electrons. The van der Waals surface area contributed by atoms with Gasteiger partial charge in [0.05, 0.1) is 6.54 Å². The molecule has 2 N–H and O–H groups in total. The minimum absolute atomic E-state index is 0.103. The number of ether oxygens (including phenoxy) is 2. The van der Waals surface area contributed by atoms with Crippen molar-refractivity contribution in [2.24, 2.45) is 5.92 Å². The summed E-state index contributed by atoms with van der Waals surface area (Å²) in [5, 5.41) is 5.99. The molecule has 0 saturated heterocycles. The molecule has 8 nitrogen and oxygen atoms in total. The molecule has 0 bridgehead atoms. The number of hydrogen-bond acceptors (Lipinski definition) is 7. The van der Waals surface area contributed by atoms with Gasteiger partial charge in [-0.25, -0.2) is 14.4 Å². The fourth-order valence-electron chi connectivity index (χ4n) is 3.91. The number of carbonyl (C=O) groups is 1. The van der Waals surface area contributed by atoms with Gasteiger partial charge in [0.2, 0.25) is 5.91 Å². The van der Waals surface area contributed by atoms with Gasteiger partial charge in [0.15, 0.2) is 5.82 Å². The molecule has 9 heteroatoms. The van der Waals surface area contributed by atoms with Gasteiger partial charge in [-0.05, 0) is 61.1 Å². The SMILES string of the molecule is CC(C)C.CCCc1cc(NCC(=O)NCCCOCC)nc(-c2cncc(C3=Cc4cc(F)ccc4CO3)c2)n1. The summed E-state index contributed by atoms with van der Waals surface area (Å²) in [5.41, 5.74) is 4.05. The van der Waals surface area contributed by atoms with Gasteiger partial charge in [0.1, 0.15) is 24.0 Å². The third kappa shape index (κ3) is 10.6. The molecule has 0 aliphatic carbocycles. The number of anilines is 1. The third-order valence-electron chi connectivity index (χ3n) is 5.77. The lowest BCUT2D eigenvalue weighted by Crippen LogP contribution is -2.31. The minimum atomic E-state index is -0.288. The number of aromatic nitrogens is 3. The van der Waals surface area contributed by atoms with E-state index < -0.39 is 0 Å².